The highest BCUT2D eigenvalue weighted by Crippen LogP contribution is 2.39. The van der Waals surface area contributed by atoms with Crippen LogP contribution in [0.25, 0.3) is 0 Å². The van der Waals surface area contributed by atoms with E-state index in [0.29, 0.717) is 32.0 Å². The maximum absolute atomic E-state index is 13.1. The predicted molar refractivity (Wildman–Crippen MR) is 99.6 cm³/mol. The van der Waals surface area contributed by atoms with E-state index < -0.39 is 21.8 Å². The van der Waals surface area contributed by atoms with Crippen molar-refractivity contribution >= 4 is 55.9 Å². The van der Waals surface area contributed by atoms with Crippen LogP contribution in [0, 0.1) is 0 Å². The minimum Gasteiger partial charge on any atom is -0.378 e. The topological polar surface area (TPSA) is 58.6 Å². The summed E-state index contributed by atoms with van der Waals surface area (Å²) in [6.45, 7) is 1.62. The van der Waals surface area contributed by atoms with E-state index >= 15 is 0 Å². The second-order valence-corrected chi connectivity index (χ2v) is 9.56. The fourth-order valence-corrected chi connectivity index (χ4v) is 5.80. The lowest BCUT2D eigenvalue weighted by Gasteiger charge is -2.31. The van der Waals surface area contributed by atoms with E-state index in [1.54, 1.807) is 4.90 Å². The Balaban J connectivity index is 2.04. The summed E-state index contributed by atoms with van der Waals surface area (Å²) in [6, 6.07) is 4.08. The molecule has 0 unspecified atom stereocenters. The van der Waals surface area contributed by atoms with Crippen molar-refractivity contribution in [1.82, 2.24) is 0 Å². The third kappa shape index (κ3) is 4.62. The van der Waals surface area contributed by atoms with Crippen LogP contribution in [0.1, 0.15) is 5.56 Å². The van der Waals surface area contributed by atoms with E-state index in [1.165, 1.54) is 6.07 Å². The average molecular weight is 461 g/mol. The Morgan fingerprint density at radius 1 is 1.15 bits per heavy atom. The predicted octanol–water partition coefficient (Wildman–Crippen LogP) is 4.71. The van der Waals surface area contributed by atoms with Crippen LogP contribution in [0.15, 0.2) is 29.2 Å². The summed E-state index contributed by atoms with van der Waals surface area (Å²) < 4.78 is 72.2. The van der Waals surface area contributed by atoms with Crippen molar-refractivity contribution in [2.24, 2.45) is 0 Å². The molecule has 148 valence electrons. The van der Waals surface area contributed by atoms with Gasteiger partial charge in [-0.05, 0) is 24.3 Å². The van der Waals surface area contributed by atoms with Gasteiger partial charge in [-0.15, -0.1) is 11.3 Å². The van der Waals surface area contributed by atoms with Crippen LogP contribution in [0.4, 0.5) is 24.5 Å². The number of nitrogens with zero attached hydrogens (tertiary/aromatic N) is 1. The number of alkyl halides is 3. The number of sulfonamides is 1. The number of halogens is 5. The van der Waals surface area contributed by atoms with E-state index in [9.17, 15) is 21.6 Å². The monoisotopic (exact) mass is 460 g/mol. The first-order valence-corrected chi connectivity index (χ1v) is 10.6. The van der Waals surface area contributed by atoms with Gasteiger partial charge in [0.25, 0.3) is 10.0 Å². The first kappa shape index (κ1) is 20.5. The average Bonchev–Trinajstić information content (AvgIpc) is 2.94. The summed E-state index contributed by atoms with van der Waals surface area (Å²) in [5.41, 5.74) is -0.830. The summed E-state index contributed by atoms with van der Waals surface area (Å²) in [6.07, 6.45) is -4.62. The standard InChI is InChI=1S/C15H13Cl2F3N2O3S2/c16-13-8-12(14(17)26-13)27(23,24)21-10-7-9(15(18,19)20)1-2-11(10)22-3-5-25-6-4-22/h1-2,7-8,21H,3-6H2. The number of rotatable bonds is 4. The van der Waals surface area contributed by atoms with Gasteiger partial charge in [-0.1, -0.05) is 23.2 Å². The van der Waals surface area contributed by atoms with Crippen LogP contribution in [-0.2, 0) is 20.9 Å². The number of morpholine rings is 1. The second-order valence-electron chi connectivity index (χ2n) is 5.62. The van der Waals surface area contributed by atoms with Crippen molar-refractivity contribution in [3.8, 4) is 0 Å². The van der Waals surface area contributed by atoms with Gasteiger partial charge < -0.3 is 9.64 Å². The molecule has 1 saturated heterocycles. The smallest absolute Gasteiger partial charge is 0.378 e. The molecule has 1 aliphatic heterocycles. The highest BCUT2D eigenvalue weighted by molar-refractivity contribution is 7.93. The first-order chi connectivity index (χ1) is 12.6. The summed E-state index contributed by atoms with van der Waals surface area (Å²) >= 11 is 12.5. The van der Waals surface area contributed by atoms with Crippen molar-refractivity contribution < 1.29 is 26.3 Å². The zero-order valence-corrected chi connectivity index (χ0v) is 16.7. The molecule has 27 heavy (non-hydrogen) atoms. The molecule has 2 aromatic rings. The lowest BCUT2D eigenvalue weighted by Crippen LogP contribution is -2.36. The molecule has 1 aliphatic rings. The maximum Gasteiger partial charge on any atom is 0.416 e. The number of hydrogen-bond donors (Lipinski definition) is 1. The SMILES string of the molecule is O=S(=O)(Nc1cc(C(F)(F)F)ccc1N1CCOCC1)c1cc(Cl)sc1Cl. The third-order valence-electron chi connectivity index (χ3n) is 3.83. The van der Waals surface area contributed by atoms with Crippen molar-refractivity contribution in [2.45, 2.75) is 11.1 Å². The molecule has 1 fully saturated rings. The van der Waals surface area contributed by atoms with Gasteiger partial charge in [0.05, 0.1) is 34.5 Å². The van der Waals surface area contributed by atoms with Crippen LogP contribution in [0.3, 0.4) is 0 Å². The third-order valence-corrected chi connectivity index (χ3v) is 6.95. The second kappa shape index (κ2) is 7.67. The number of anilines is 2. The Morgan fingerprint density at radius 3 is 2.37 bits per heavy atom. The Bertz CT molecular complexity index is 942. The van der Waals surface area contributed by atoms with Crippen molar-refractivity contribution in [3.63, 3.8) is 0 Å². The molecule has 0 amide bonds. The number of thiophene rings is 1. The molecule has 1 aromatic carbocycles. The zero-order chi connectivity index (χ0) is 19.8. The van der Waals surface area contributed by atoms with Crippen LogP contribution >= 0.6 is 34.5 Å². The molecular weight excluding hydrogens is 448 g/mol. The van der Waals surface area contributed by atoms with Crippen LogP contribution < -0.4 is 9.62 Å². The molecule has 0 aliphatic carbocycles. The largest absolute Gasteiger partial charge is 0.416 e. The molecule has 0 spiro atoms. The maximum atomic E-state index is 13.1. The fourth-order valence-electron chi connectivity index (χ4n) is 2.58. The normalized spacial score (nSPS) is 15.8. The van der Waals surface area contributed by atoms with Gasteiger partial charge in [0.1, 0.15) is 9.23 Å². The highest BCUT2D eigenvalue weighted by Gasteiger charge is 2.32. The molecule has 2 heterocycles. The van der Waals surface area contributed by atoms with E-state index in [2.05, 4.69) is 4.72 Å². The summed E-state index contributed by atoms with van der Waals surface area (Å²) in [5, 5.41) is 0. The number of ether oxygens (including phenoxy) is 1. The fraction of sp³-hybridized carbons (Fsp3) is 0.333. The van der Waals surface area contributed by atoms with E-state index in [-0.39, 0.29) is 19.3 Å². The molecule has 3 rings (SSSR count). The lowest BCUT2D eigenvalue weighted by molar-refractivity contribution is -0.137. The minimum absolute atomic E-state index is 0.0765. The molecule has 1 aromatic heterocycles. The summed E-state index contributed by atoms with van der Waals surface area (Å²) in [7, 11) is -4.23. The number of hydrogen-bond acceptors (Lipinski definition) is 5. The summed E-state index contributed by atoms with van der Waals surface area (Å²) in [5.74, 6) is 0. The molecule has 1 N–H and O–H groups in total. The van der Waals surface area contributed by atoms with Crippen molar-refractivity contribution in [1.29, 1.82) is 0 Å². The molecule has 5 nitrogen and oxygen atoms in total. The van der Waals surface area contributed by atoms with Crippen LogP contribution in [0.5, 0.6) is 0 Å². The highest BCUT2D eigenvalue weighted by atomic mass is 35.5. The van der Waals surface area contributed by atoms with Gasteiger partial charge in [-0.2, -0.15) is 13.2 Å². The van der Waals surface area contributed by atoms with Gasteiger partial charge in [0, 0.05) is 13.1 Å². The quantitative estimate of drug-likeness (QED) is 0.717. The molecule has 0 bridgehead atoms. The summed E-state index contributed by atoms with van der Waals surface area (Å²) in [4.78, 5) is 1.47. The number of benzene rings is 1. The number of nitrogens with one attached hydrogen (secondary N) is 1. The molecule has 0 radical (unpaired) electrons. The van der Waals surface area contributed by atoms with Gasteiger partial charge in [-0.3, -0.25) is 4.72 Å². The van der Waals surface area contributed by atoms with Gasteiger partial charge in [0.2, 0.25) is 0 Å². The van der Waals surface area contributed by atoms with Crippen LogP contribution in [-0.4, -0.2) is 34.7 Å². The Hall–Kier alpha value is -1.20. The van der Waals surface area contributed by atoms with Crippen LogP contribution in [0.2, 0.25) is 8.67 Å². The zero-order valence-electron chi connectivity index (χ0n) is 13.5. The minimum atomic E-state index is -4.62. The molecular formula is C15H13Cl2F3N2O3S2. The van der Waals surface area contributed by atoms with E-state index in [0.717, 1.165) is 29.5 Å². The molecule has 12 heteroatoms. The van der Waals surface area contributed by atoms with E-state index in [1.807, 2.05) is 0 Å². The first-order valence-electron chi connectivity index (χ1n) is 7.59. The van der Waals surface area contributed by atoms with E-state index in [4.69, 9.17) is 27.9 Å². The van der Waals surface area contributed by atoms with Crippen molar-refractivity contribution in [2.75, 3.05) is 35.9 Å². The lowest BCUT2D eigenvalue weighted by atomic mass is 10.1. The molecule has 0 atom stereocenters. The van der Waals surface area contributed by atoms with Crippen molar-refractivity contribution in [3.05, 3.63) is 38.5 Å². The van der Waals surface area contributed by atoms with Gasteiger partial charge in [-0.25, -0.2) is 8.42 Å². The Kier molecular flexibility index (Phi) is 5.83. The Labute approximate surface area is 167 Å². The Morgan fingerprint density at radius 2 is 1.81 bits per heavy atom. The molecule has 0 saturated carbocycles. The van der Waals surface area contributed by atoms with Gasteiger partial charge >= 0.3 is 6.18 Å². The van der Waals surface area contributed by atoms with Gasteiger partial charge in [0.15, 0.2) is 0 Å².